The summed E-state index contributed by atoms with van der Waals surface area (Å²) >= 11 is 0. The zero-order valence-electron chi connectivity index (χ0n) is 10.1. The lowest BCUT2D eigenvalue weighted by Crippen LogP contribution is -2.35. The third-order valence-corrected chi connectivity index (χ3v) is 1.93. The molecule has 0 amide bonds. The monoisotopic (exact) mass is 211 g/mol. The number of hydrogen-bond acceptors (Lipinski definition) is 3. The zero-order chi connectivity index (χ0) is 11.3. The normalized spacial score (nSPS) is 12.0. The molecule has 1 heterocycles. The molecule has 0 radical (unpaired) electrons. The molecule has 0 aliphatic carbocycles. The lowest BCUT2D eigenvalue weighted by molar-refractivity contribution is 0.129. The number of imidazole rings is 1. The number of hydrogen-bond donors (Lipinski definition) is 2. The summed E-state index contributed by atoms with van der Waals surface area (Å²) in [7, 11) is 0. The van der Waals surface area contributed by atoms with Crippen LogP contribution in [0.5, 0.6) is 0 Å². The lowest BCUT2D eigenvalue weighted by Gasteiger charge is -2.19. The van der Waals surface area contributed by atoms with Gasteiger partial charge < -0.3 is 15.0 Å². The molecule has 4 heteroatoms. The standard InChI is InChI=1S/C11H21N3O/c1-5-15-8-10-12-6-9(14-10)7-13-11(2,3)4/h6,13H,5,7-8H2,1-4H3,(H,12,14). The van der Waals surface area contributed by atoms with Gasteiger partial charge in [-0.05, 0) is 27.7 Å². The Labute approximate surface area is 91.4 Å². The van der Waals surface area contributed by atoms with Crippen LogP contribution < -0.4 is 5.32 Å². The van der Waals surface area contributed by atoms with Gasteiger partial charge in [-0.15, -0.1) is 0 Å². The number of H-pyrrole nitrogens is 1. The summed E-state index contributed by atoms with van der Waals surface area (Å²) < 4.78 is 5.26. The van der Waals surface area contributed by atoms with E-state index in [0.29, 0.717) is 6.61 Å². The molecule has 0 unspecified atom stereocenters. The van der Waals surface area contributed by atoms with Crippen LogP contribution in [0.25, 0.3) is 0 Å². The summed E-state index contributed by atoms with van der Waals surface area (Å²) in [5, 5.41) is 3.40. The van der Waals surface area contributed by atoms with E-state index in [1.165, 1.54) is 0 Å². The fourth-order valence-corrected chi connectivity index (χ4v) is 1.13. The van der Waals surface area contributed by atoms with E-state index in [0.717, 1.165) is 24.7 Å². The molecule has 2 N–H and O–H groups in total. The second-order valence-electron chi connectivity index (χ2n) is 4.60. The first-order valence-corrected chi connectivity index (χ1v) is 5.37. The smallest absolute Gasteiger partial charge is 0.132 e. The molecule has 0 atom stereocenters. The van der Waals surface area contributed by atoms with Crippen molar-refractivity contribution >= 4 is 0 Å². The molecule has 15 heavy (non-hydrogen) atoms. The average molecular weight is 211 g/mol. The first kappa shape index (κ1) is 12.2. The molecular formula is C11H21N3O. The van der Waals surface area contributed by atoms with E-state index in [1.54, 1.807) is 0 Å². The summed E-state index contributed by atoms with van der Waals surface area (Å²) in [6, 6.07) is 0. The number of aromatic amines is 1. The zero-order valence-corrected chi connectivity index (χ0v) is 10.1. The highest BCUT2D eigenvalue weighted by atomic mass is 16.5. The molecule has 0 bridgehead atoms. The molecule has 0 aromatic carbocycles. The van der Waals surface area contributed by atoms with Gasteiger partial charge >= 0.3 is 0 Å². The molecule has 0 saturated carbocycles. The Morgan fingerprint density at radius 1 is 1.47 bits per heavy atom. The summed E-state index contributed by atoms with van der Waals surface area (Å²) in [5.74, 6) is 0.891. The molecule has 0 spiro atoms. The van der Waals surface area contributed by atoms with Crippen molar-refractivity contribution in [2.24, 2.45) is 0 Å². The molecule has 0 saturated heterocycles. The predicted molar refractivity (Wildman–Crippen MR) is 60.5 cm³/mol. The minimum Gasteiger partial charge on any atom is -0.374 e. The maximum absolute atomic E-state index is 5.26. The van der Waals surface area contributed by atoms with Gasteiger partial charge in [-0.25, -0.2) is 4.98 Å². The topological polar surface area (TPSA) is 49.9 Å². The van der Waals surface area contributed by atoms with Crippen LogP contribution >= 0.6 is 0 Å². The van der Waals surface area contributed by atoms with Crippen molar-refractivity contribution in [1.82, 2.24) is 15.3 Å². The molecular weight excluding hydrogens is 190 g/mol. The van der Waals surface area contributed by atoms with Gasteiger partial charge in [0.15, 0.2) is 0 Å². The van der Waals surface area contributed by atoms with Crippen LogP contribution in [0.15, 0.2) is 6.20 Å². The highest BCUT2D eigenvalue weighted by Crippen LogP contribution is 2.03. The van der Waals surface area contributed by atoms with Gasteiger partial charge in [0.1, 0.15) is 12.4 Å². The van der Waals surface area contributed by atoms with Crippen molar-refractivity contribution < 1.29 is 4.74 Å². The van der Waals surface area contributed by atoms with Gasteiger partial charge in [0, 0.05) is 30.6 Å². The number of nitrogens with one attached hydrogen (secondary N) is 2. The van der Waals surface area contributed by atoms with Crippen molar-refractivity contribution in [3.63, 3.8) is 0 Å². The van der Waals surface area contributed by atoms with Crippen LogP contribution in [-0.4, -0.2) is 22.1 Å². The van der Waals surface area contributed by atoms with Crippen LogP contribution in [0, 0.1) is 0 Å². The molecule has 4 nitrogen and oxygen atoms in total. The van der Waals surface area contributed by atoms with E-state index in [4.69, 9.17) is 4.74 Å². The lowest BCUT2D eigenvalue weighted by atomic mass is 10.1. The number of ether oxygens (including phenoxy) is 1. The molecule has 0 aliphatic heterocycles. The SMILES string of the molecule is CCOCc1ncc(CNC(C)(C)C)[nH]1. The first-order valence-electron chi connectivity index (χ1n) is 5.37. The van der Waals surface area contributed by atoms with Gasteiger partial charge in [-0.3, -0.25) is 0 Å². The fraction of sp³-hybridized carbons (Fsp3) is 0.727. The van der Waals surface area contributed by atoms with E-state index >= 15 is 0 Å². The maximum Gasteiger partial charge on any atom is 0.132 e. The minimum absolute atomic E-state index is 0.130. The van der Waals surface area contributed by atoms with E-state index < -0.39 is 0 Å². The Morgan fingerprint density at radius 2 is 2.20 bits per heavy atom. The van der Waals surface area contributed by atoms with Crippen molar-refractivity contribution in [2.75, 3.05) is 6.61 Å². The maximum atomic E-state index is 5.26. The Bertz CT molecular complexity index is 288. The van der Waals surface area contributed by atoms with Gasteiger partial charge in [-0.2, -0.15) is 0 Å². The van der Waals surface area contributed by atoms with Crippen LogP contribution in [-0.2, 0) is 17.9 Å². The third kappa shape index (κ3) is 4.95. The first-order chi connectivity index (χ1) is 7.01. The molecule has 86 valence electrons. The Balaban J connectivity index is 2.39. The van der Waals surface area contributed by atoms with E-state index in [1.807, 2.05) is 13.1 Å². The number of rotatable bonds is 5. The van der Waals surface area contributed by atoms with E-state index in [9.17, 15) is 0 Å². The molecule has 0 fully saturated rings. The fourth-order valence-electron chi connectivity index (χ4n) is 1.13. The van der Waals surface area contributed by atoms with E-state index in [-0.39, 0.29) is 5.54 Å². The average Bonchev–Trinajstić information content (AvgIpc) is 2.58. The second kappa shape index (κ2) is 5.28. The molecule has 0 aliphatic rings. The summed E-state index contributed by atoms with van der Waals surface area (Å²) in [4.78, 5) is 7.46. The van der Waals surface area contributed by atoms with Crippen molar-refractivity contribution in [1.29, 1.82) is 0 Å². The quantitative estimate of drug-likeness (QED) is 0.781. The Hall–Kier alpha value is -0.870. The number of aromatic nitrogens is 2. The van der Waals surface area contributed by atoms with Crippen LogP contribution in [0.4, 0.5) is 0 Å². The van der Waals surface area contributed by atoms with Gasteiger partial charge in [0.05, 0.1) is 0 Å². The Morgan fingerprint density at radius 3 is 2.80 bits per heavy atom. The highest BCUT2D eigenvalue weighted by molar-refractivity contribution is 5.00. The van der Waals surface area contributed by atoms with Crippen molar-refractivity contribution in [2.45, 2.75) is 46.4 Å². The van der Waals surface area contributed by atoms with Crippen molar-refractivity contribution in [3.05, 3.63) is 17.7 Å². The third-order valence-electron chi connectivity index (χ3n) is 1.93. The van der Waals surface area contributed by atoms with Gasteiger partial charge in [-0.1, -0.05) is 0 Å². The van der Waals surface area contributed by atoms with E-state index in [2.05, 4.69) is 36.1 Å². The van der Waals surface area contributed by atoms with Crippen LogP contribution in [0.3, 0.4) is 0 Å². The largest absolute Gasteiger partial charge is 0.374 e. The van der Waals surface area contributed by atoms with Gasteiger partial charge in [0.25, 0.3) is 0 Å². The predicted octanol–water partition coefficient (Wildman–Crippen LogP) is 1.83. The van der Waals surface area contributed by atoms with Crippen LogP contribution in [0.1, 0.15) is 39.2 Å². The number of nitrogens with zero attached hydrogens (tertiary/aromatic N) is 1. The van der Waals surface area contributed by atoms with Gasteiger partial charge in [0.2, 0.25) is 0 Å². The molecule has 1 rings (SSSR count). The summed E-state index contributed by atoms with van der Waals surface area (Å²) in [6.45, 7) is 10.5. The minimum atomic E-state index is 0.130. The van der Waals surface area contributed by atoms with Crippen molar-refractivity contribution in [3.8, 4) is 0 Å². The second-order valence-corrected chi connectivity index (χ2v) is 4.60. The molecule has 1 aromatic heterocycles. The summed E-state index contributed by atoms with van der Waals surface area (Å²) in [5.41, 5.74) is 1.23. The van der Waals surface area contributed by atoms with Crippen LogP contribution in [0.2, 0.25) is 0 Å². The summed E-state index contributed by atoms with van der Waals surface area (Å²) in [6.07, 6.45) is 1.85. The molecule has 1 aromatic rings. The Kier molecular flexibility index (Phi) is 4.29. The highest BCUT2D eigenvalue weighted by Gasteiger charge is 2.09.